The Hall–Kier alpha value is -2.56. The lowest BCUT2D eigenvalue weighted by Gasteiger charge is -2.31. The van der Waals surface area contributed by atoms with Crippen LogP contribution in [0.15, 0.2) is 39.8 Å². The van der Waals surface area contributed by atoms with Crippen LogP contribution in [0.4, 0.5) is 5.69 Å². The molecule has 0 aliphatic carbocycles. The van der Waals surface area contributed by atoms with Crippen molar-refractivity contribution in [2.24, 2.45) is 5.92 Å². The number of anilines is 1. The lowest BCUT2D eigenvalue weighted by Crippen LogP contribution is -2.43. The summed E-state index contributed by atoms with van der Waals surface area (Å²) in [7, 11) is -3.76. The van der Waals surface area contributed by atoms with Crippen molar-refractivity contribution in [3.05, 3.63) is 46.7 Å². The molecule has 1 amide bonds. The van der Waals surface area contributed by atoms with Gasteiger partial charge in [-0.1, -0.05) is 36.7 Å². The number of aromatic nitrogens is 2. The molecule has 0 bridgehead atoms. The molecule has 1 aliphatic rings. The molecule has 10 heteroatoms. The number of piperidine rings is 1. The van der Waals surface area contributed by atoms with Crippen LogP contribution < -0.4 is 5.32 Å². The first-order chi connectivity index (χ1) is 15.6. The Kier molecular flexibility index (Phi) is 6.69. The third-order valence-corrected chi connectivity index (χ3v) is 8.89. The molecular weight excluding hydrogens is 460 g/mol. The van der Waals surface area contributed by atoms with E-state index in [1.165, 1.54) is 15.6 Å². The van der Waals surface area contributed by atoms with E-state index >= 15 is 0 Å². The van der Waals surface area contributed by atoms with Crippen LogP contribution in [-0.4, -0.2) is 41.9 Å². The van der Waals surface area contributed by atoms with E-state index in [1.54, 1.807) is 13.0 Å². The maximum absolute atomic E-state index is 13.5. The first-order valence-electron chi connectivity index (χ1n) is 11.0. The van der Waals surface area contributed by atoms with Crippen molar-refractivity contribution in [2.75, 3.05) is 18.4 Å². The SMILES string of the molecule is Cc1ccc(NC(=O)C2CCCN(S(=O)(=O)c3cc(-c4noc(C(C)C)n4)sc3C)C2)cc1. The summed E-state index contributed by atoms with van der Waals surface area (Å²) in [6, 6.07) is 9.17. The molecule has 1 aliphatic heterocycles. The molecule has 0 radical (unpaired) electrons. The lowest BCUT2D eigenvalue weighted by atomic mass is 9.98. The topological polar surface area (TPSA) is 105 Å². The first kappa shape index (κ1) is 23.6. The van der Waals surface area contributed by atoms with Gasteiger partial charge in [-0.3, -0.25) is 4.79 Å². The number of aryl methyl sites for hydroxylation is 2. The number of amides is 1. The molecule has 2 aromatic heterocycles. The second-order valence-electron chi connectivity index (χ2n) is 8.70. The maximum atomic E-state index is 13.5. The van der Waals surface area contributed by atoms with E-state index in [-0.39, 0.29) is 23.3 Å². The van der Waals surface area contributed by atoms with Crippen LogP contribution in [0.5, 0.6) is 0 Å². The molecule has 1 saturated heterocycles. The number of carbonyl (C=O) groups excluding carboxylic acids is 1. The second-order valence-corrected chi connectivity index (χ2v) is 11.9. The molecule has 1 atom stereocenters. The van der Waals surface area contributed by atoms with E-state index in [1.807, 2.05) is 45.0 Å². The Balaban J connectivity index is 1.51. The number of hydrogen-bond acceptors (Lipinski definition) is 7. The summed E-state index contributed by atoms with van der Waals surface area (Å²) in [5, 5.41) is 6.91. The standard InChI is InChI=1S/C23H28N4O4S2/c1-14(2)23-25-21(26-31-23)19-12-20(16(4)32-19)33(29,30)27-11-5-6-17(13-27)22(28)24-18-9-7-15(3)8-10-18/h7-10,12,14,17H,5-6,11,13H2,1-4H3,(H,24,28). The Labute approximate surface area is 198 Å². The number of rotatable bonds is 6. The van der Waals surface area contributed by atoms with E-state index in [9.17, 15) is 13.2 Å². The van der Waals surface area contributed by atoms with Crippen LogP contribution in [0, 0.1) is 19.8 Å². The van der Waals surface area contributed by atoms with Gasteiger partial charge in [-0.25, -0.2) is 8.42 Å². The van der Waals surface area contributed by atoms with Crippen LogP contribution in [0.1, 0.15) is 48.9 Å². The summed E-state index contributed by atoms with van der Waals surface area (Å²) in [6.45, 7) is 8.21. The van der Waals surface area contributed by atoms with Gasteiger partial charge in [0.15, 0.2) is 0 Å². The van der Waals surface area contributed by atoms with E-state index in [0.29, 0.717) is 46.5 Å². The number of nitrogens with one attached hydrogen (secondary N) is 1. The summed E-state index contributed by atoms with van der Waals surface area (Å²) in [5.74, 6) is 0.432. The Morgan fingerprint density at radius 3 is 2.64 bits per heavy atom. The molecule has 3 heterocycles. The largest absolute Gasteiger partial charge is 0.339 e. The molecule has 176 valence electrons. The van der Waals surface area contributed by atoms with Crippen LogP contribution in [-0.2, 0) is 14.8 Å². The van der Waals surface area contributed by atoms with Crippen LogP contribution >= 0.6 is 11.3 Å². The summed E-state index contributed by atoms with van der Waals surface area (Å²) < 4.78 is 33.6. The monoisotopic (exact) mass is 488 g/mol. The minimum atomic E-state index is -3.76. The van der Waals surface area contributed by atoms with E-state index in [0.717, 1.165) is 5.56 Å². The van der Waals surface area contributed by atoms with Gasteiger partial charge in [0, 0.05) is 29.6 Å². The molecule has 1 aromatic carbocycles. The fraction of sp³-hybridized carbons (Fsp3) is 0.435. The number of benzene rings is 1. The minimum absolute atomic E-state index is 0.0897. The smallest absolute Gasteiger partial charge is 0.244 e. The fourth-order valence-electron chi connectivity index (χ4n) is 3.80. The van der Waals surface area contributed by atoms with Gasteiger partial charge < -0.3 is 9.84 Å². The Morgan fingerprint density at radius 2 is 1.97 bits per heavy atom. The summed E-state index contributed by atoms with van der Waals surface area (Å²) in [5.41, 5.74) is 1.82. The number of carbonyl (C=O) groups is 1. The summed E-state index contributed by atoms with van der Waals surface area (Å²) >= 11 is 1.32. The molecule has 0 saturated carbocycles. The predicted octanol–water partition coefficient (Wildman–Crippen LogP) is 4.58. The molecular formula is C23H28N4O4S2. The molecule has 8 nitrogen and oxygen atoms in total. The quantitative estimate of drug-likeness (QED) is 0.545. The van der Waals surface area contributed by atoms with Crippen molar-refractivity contribution in [1.82, 2.24) is 14.4 Å². The fourth-order valence-corrected chi connectivity index (χ4v) is 6.81. The van der Waals surface area contributed by atoms with Gasteiger partial charge in [0.25, 0.3) is 0 Å². The van der Waals surface area contributed by atoms with E-state index in [2.05, 4.69) is 15.5 Å². The third kappa shape index (κ3) is 5.02. The third-order valence-electron chi connectivity index (χ3n) is 5.72. The maximum Gasteiger partial charge on any atom is 0.244 e. The lowest BCUT2D eigenvalue weighted by molar-refractivity contribution is -0.120. The molecule has 3 aromatic rings. The molecule has 1 fully saturated rings. The van der Waals surface area contributed by atoms with Gasteiger partial charge in [-0.2, -0.15) is 9.29 Å². The normalized spacial score (nSPS) is 17.4. The Bertz CT molecular complexity index is 1250. The second kappa shape index (κ2) is 9.36. The van der Waals surface area contributed by atoms with Crippen molar-refractivity contribution in [3.63, 3.8) is 0 Å². The highest BCUT2D eigenvalue weighted by molar-refractivity contribution is 7.89. The average Bonchev–Trinajstić information content (AvgIpc) is 3.43. The van der Waals surface area contributed by atoms with Gasteiger partial charge in [-0.15, -0.1) is 11.3 Å². The first-order valence-corrected chi connectivity index (χ1v) is 13.2. The summed E-state index contributed by atoms with van der Waals surface area (Å²) in [6.07, 6.45) is 1.28. The molecule has 4 rings (SSSR count). The van der Waals surface area contributed by atoms with Crippen LogP contribution in [0.3, 0.4) is 0 Å². The zero-order chi connectivity index (χ0) is 23.8. The molecule has 33 heavy (non-hydrogen) atoms. The minimum Gasteiger partial charge on any atom is -0.339 e. The van der Waals surface area contributed by atoms with E-state index in [4.69, 9.17) is 4.52 Å². The van der Waals surface area contributed by atoms with Crippen LogP contribution in [0.2, 0.25) is 0 Å². The van der Waals surface area contributed by atoms with Crippen LogP contribution in [0.25, 0.3) is 10.7 Å². The Morgan fingerprint density at radius 1 is 1.24 bits per heavy atom. The van der Waals surface area contributed by atoms with Crippen molar-refractivity contribution < 1.29 is 17.7 Å². The zero-order valence-corrected chi connectivity index (χ0v) is 20.8. The van der Waals surface area contributed by atoms with E-state index < -0.39 is 15.9 Å². The van der Waals surface area contributed by atoms with Gasteiger partial charge in [0.05, 0.1) is 15.7 Å². The molecule has 1 N–H and O–H groups in total. The number of thiophene rings is 1. The molecule has 1 unspecified atom stereocenters. The van der Waals surface area contributed by atoms with Crippen molar-refractivity contribution in [2.45, 2.75) is 51.3 Å². The molecule has 0 spiro atoms. The highest BCUT2D eigenvalue weighted by atomic mass is 32.2. The van der Waals surface area contributed by atoms with Gasteiger partial charge in [0.1, 0.15) is 0 Å². The van der Waals surface area contributed by atoms with Gasteiger partial charge in [-0.05, 0) is 44.9 Å². The highest BCUT2D eigenvalue weighted by Crippen LogP contribution is 2.35. The summed E-state index contributed by atoms with van der Waals surface area (Å²) in [4.78, 5) is 18.7. The zero-order valence-electron chi connectivity index (χ0n) is 19.2. The van der Waals surface area contributed by atoms with Gasteiger partial charge in [0.2, 0.25) is 27.6 Å². The number of hydrogen-bond donors (Lipinski definition) is 1. The van der Waals surface area contributed by atoms with Crippen molar-refractivity contribution in [1.29, 1.82) is 0 Å². The predicted molar refractivity (Wildman–Crippen MR) is 128 cm³/mol. The van der Waals surface area contributed by atoms with Crippen molar-refractivity contribution in [3.8, 4) is 10.7 Å². The number of sulfonamides is 1. The number of nitrogens with zero attached hydrogens (tertiary/aromatic N) is 3. The van der Waals surface area contributed by atoms with Crippen molar-refractivity contribution >= 4 is 33.0 Å². The van der Waals surface area contributed by atoms with Gasteiger partial charge >= 0.3 is 0 Å². The average molecular weight is 489 g/mol. The highest BCUT2D eigenvalue weighted by Gasteiger charge is 2.35.